The maximum Gasteiger partial charge on any atom is 0.260 e. The number of anilines is 1. The van der Waals surface area contributed by atoms with Crippen molar-refractivity contribution in [1.82, 2.24) is 5.32 Å². The largest absolute Gasteiger partial charge is 0.356 e. The fourth-order valence-electron chi connectivity index (χ4n) is 2.27. The predicted molar refractivity (Wildman–Crippen MR) is 98.5 cm³/mol. The molecule has 0 saturated carbocycles. The number of amides is 1. The lowest BCUT2D eigenvalue weighted by atomic mass is 10.1. The van der Waals surface area contributed by atoms with Crippen LogP contribution in [0.25, 0.3) is 6.08 Å². The van der Waals surface area contributed by atoms with Gasteiger partial charge in [-0.05, 0) is 43.2 Å². The number of carbonyl (C=O) groups excluding carboxylic acids is 1. The van der Waals surface area contributed by atoms with Crippen LogP contribution in [0.2, 0.25) is 5.02 Å². The van der Waals surface area contributed by atoms with E-state index in [1.54, 1.807) is 0 Å². The van der Waals surface area contributed by atoms with Crippen molar-refractivity contribution >= 4 is 41.0 Å². The topological polar surface area (TPSA) is 41.1 Å². The SMILES string of the molecule is Cc1ccc(/C=C2\SC(Nc3cc(Cl)ccc3C)NC2=O)cc1. The van der Waals surface area contributed by atoms with Gasteiger partial charge in [-0.15, -0.1) is 0 Å². The Hall–Kier alpha value is -1.91. The van der Waals surface area contributed by atoms with Gasteiger partial charge in [-0.25, -0.2) is 0 Å². The van der Waals surface area contributed by atoms with Crippen LogP contribution in [-0.4, -0.2) is 11.4 Å². The van der Waals surface area contributed by atoms with Crippen LogP contribution in [-0.2, 0) is 4.79 Å². The van der Waals surface area contributed by atoms with Crippen molar-refractivity contribution in [3.05, 3.63) is 69.1 Å². The number of carbonyl (C=O) groups is 1. The summed E-state index contributed by atoms with van der Waals surface area (Å²) in [7, 11) is 0. The van der Waals surface area contributed by atoms with Crippen molar-refractivity contribution in [2.24, 2.45) is 0 Å². The van der Waals surface area contributed by atoms with E-state index in [4.69, 9.17) is 11.6 Å². The second kappa shape index (κ2) is 6.69. The van der Waals surface area contributed by atoms with Gasteiger partial charge in [0.1, 0.15) is 0 Å². The zero-order chi connectivity index (χ0) is 16.4. The molecule has 1 aliphatic rings. The van der Waals surface area contributed by atoms with E-state index in [-0.39, 0.29) is 11.4 Å². The van der Waals surface area contributed by atoms with Gasteiger partial charge < -0.3 is 10.6 Å². The normalized spacial score (nSPS) is 19.0. The Bertz CT molecular complexity index is 771. The van der Waals surface area contributed by atoms with Gasteiger partial charge in [-0.3, -0.25) is 4.79 Å². The number of rotatable bonds is 3. The maximum absolute atomic E-state index is 12.1. The van der Waals surface area contributed by atoms with Crippen molar-refractivity contribution < 1.29 is 4.79 Å². The average molecular weight is 345 g/mol. The number of halogens is 1. The van der Waals surface area contributed by atoms with Crippen LogP contribution in [0.5, 0.6) is 0 Å². The van der Waals surface area contributed by atoms with Gasteiger partial charge in [0.05, 0.1) is 4.91 Å². The molecule has 0 bridgehead atoms. The van der Waals surface area contributed by atoms with Crippen LogP contribution >= 0.6 is 23.4 Å². The molecule has 1 atom stereocenters. The third-order valence-electron chi connectivity index (χ3n) is 3.59. The number of hydrogen-bond acceptors (Lipinski definition) is 3. The van der Waals surface area contributed by atoms with Crippen molar-refractivity contribution in [1.29, 1.82) is 0 Å². The predicted octanol–water partition coefficient (Wildman–Crippen LogP) is 4.56. The molecule has 1 unspecified atom stereocenters. The van der Waals surface area contributed by atoms with E-state index in [0.29, 0.717) is 9.93 Å². The fourth-order valence-corrected chi connectivity index (χ4v) is 3.42. The minimum atomic E-state index is -0.198. The highest BCUT2D eigenvalue weighted by Crippen LogP contribution is 2.31. The summed E-state index contributed by atoms with van der Waals surface area (Å²) in [6.07, 6.45) is 1.91. The smallest absolute Gasteiger partial charge is 0.260 e. The maximum atomic E-state index is 12.1. The second-order valence-corrected chi connectivity index (χ2v) is 7.08. The molecule has 5 heteroatoms. The quantitative estimate of drug-likeness (QED) is 0.802. The fraction of sp³-hybridized carbons (Fsp3) is 0.167. The van der Waals surface area contributed by atoms with Crippen molar-refractivity contribution in [2.45, 2.75) is 19.3 Å². The molecule has 0 spiro atoms. The number of nitrogens with one attached hydrogen (secondary N) is 2. The van der Waals surface area contributed by atoms with E-state index in [2.05, 4.69) is 10.6 Å². The molecule has 2 aromatic rings. The van der Waals surface area contributed by atoms with E-state index >= 15 is 0 Å². The molecule has 118 valence electrons. The van der Waals surface area contributed by atoms with Gasteiger partial charge in [0, 0.05) is 10.7 Å². The molecule has 0 radical (unpaired) electrons. The first-order valence-electron chi connectivity index (χ1n) is 7.30. The Balaban J connectivity index is 1.74. The molecule has 2 N–H and O–H groups in total. The molecule has 1 fully saturated rings. The highest BCUT2D eigenvalue weighted by Gasteiger charge is 2.27. The molecule has 1 saturated heterocycles. The van der Waals surface area contributed by atoms with E-state index in [1.165, 1.54) is 17.3 Å². The van der Waals surface area contributed by atoms with Gasteiger partial charge in [-0.2, -0.15) is 0 Å². The van der Waals surface area contributed by atoms with Gasteiger partial charge in [0.25, 0.3) is 5.91 Å². The molecule has 23 heavy (non-hydrogen) atoms. The summed E-state index contributed by atoms with van der Waals surface area (Å²) < 4.78 is 0. The Morgan fingerprint density at radius 1 is 1.17 bits per heavy atom. The summed E-state index contributed by atoms with van der Waals surface area (Å²) in [5.74, 6) is -0.0623. The molecule has 0 aliphatic carbocycles. The summed E-state index contributed by atoms with van der Waals surface area (Å²) >= 11 is 7.51. The van der Waals surface area contributed by atoms with Crippen molar-refractivity contribution in [2.75, 3.05) is 5.32 Å². The molecular weight excluding hydrogens is 328 g/mol. The number of benzene rings is 2. The summed E-state index contributed by atoms with van der Waals surface area (Å²) in [6.45, 7) is 4.05. The summed E-state index contributed by atoms with van der Waals surface area (Å²) in [5.41, 5.74) is 4.03. The lowest BCUT2D eigenvalue weighted by molar-refractivity contribution is -0.116. The van der Waals surface area contributed by atoms with E-state index in [1.807, 2.05) is 62.4 Å². The second-order valence-electron chi connectivity index (χ2n) is 5.49. The third kappa shape index (κ3) is 3.89. The third-order valence-corrected chi connectivity index (χ3v) is 4.86. The Kier molecular flexibility index (Phi) is 4.64. The van der Waals surface area contributed by atoms with Crippen LogP contribution in [0, 0.1) is 13.8 Å². The van der Waals surface area contributed by atoms with Crippen LogP contribution < -0.4 is 10.6 Å². The van der Waals surface area contributed by atoms with Crippen molar-refractivity contribution in [3.63, 3.8) is 0 Å². The van der Waals surface area contributed by atoms with E-state index in [0.717, 1.165) is 16.8 Å². The summed E-state index contributed by atoms with van der Waals surface area (Å²) in [6, 6.07) is 13.8. The Morgan fingerprint density at radius 2 is 1.91 bits per heavy atom. The minimum absolute atomic E-state index is 0.0623. The Labute approximate surface area is 145 Å². The van der Waals surface area contributed by atoms with Crippen LogP contribution in [0.15, 0.2) is 47.4 Å². The van der Waals surface area contributed by atoms with E-state index < -0.39 is 0 Å². The van der Waals surface area contributed by atoms with Gasteiger partial charge in [0.2, 0.25) is 0 Å². The molecule has 1 amide bonds. The number of aryl methyl sites for hydroxylation is 2. The first kappa shape index (κ1) is 16.0. The molecule has 3 rings (SSSR count). The van der Waals surface area contributed by atoms with Gasteiger partial charge >= 0.3 is 0 Å². The van der Waals surface area contributed by atoms with Crippen LogP contribution in [0.1, 0.15) is 16.7 Å². The highest BCUT2D eigenvalue weighted by atomic mass is 35.5. The lowest BCUT2D eigenvalue weighted by Crippen LogP contribution is -2.31. The van der Waals surface area contributed by atoms with E-state index in [9.17, 15) is 4.79 Å². The molecule has 1 aliphatic heterocycles. The molecule has 2 aromatic carbocycles. The zero-order valence-corrected chi connectivity index (χ0v) is 14.5. The minimum Gasteiger partial charge on any atom is -0.356 e. The summed E-state index contributed by atoms with van der Waals surface area (Å²) in [4.78, 5) is 12.8. The molecular formula is C18H17ClN2OS. The van der Waals surface area contributed by atoms with Gasteiger partial charge in [0.15, 0.2) is 5.50 Å². The molecule has 0 aromatic heterocycles. The first-order chi connectivity index (χ1) is 11.0. The molecule has 3 nitrogen and oxygen atoms in total. The Morgan fingerprint density at radius 3 is 2.65 bits per heavy atom. The first-order valence-corrected chi connectivity index (χ1v) is 8.55. The van der Waals surface area contributed by atoms with Gasteiger partial charge in [-0.1, -0.05) is 59.3 Å². The van der Waals surface area contributed by atoms with Crippen molar-refractivity contribution in [3.8, 4) is 0 Å². The average Bonchev–Trinajstić information content (AvgIpc) is 2.85. The summed E-state index contributed by atoms with van der Waals surface area (Å²) in [5, 5.41) is 6.91. The van der Waals surface area contributed by atoms with Crippen LogP contribution in [0.3, 0.4) is 0 Å². The standard InChI is InChI=1S/C18H17ClN2OS/c1-11-3-6-13(7-4-11)9-16-17(22)21-18(23-16)20-15-10-14(19)8-5-12(15)2/h3-10,18,20H,1-2H3,(H,21,22)/b16-9-. The lowest BCUT2D eigenvalue weighted by Gasteiger charge is -2.15. The number of hydrogen-bond donors (Lipinski definition) is 2. The monoisotopic (exact) mass is 344 g/mol. The van der Waals surface area contributed by atoms with Crippen LogP contribution in [0.4, 0.5) is 5.69 Å². The highest BCUT2D eigenvalue weighted by molar-refractivity contribution is 8.05. The number of thioether (sulfide) groups is 1. The molecule has 1 heterocycles. The zero-order valence-electron chi connectivity index (χ0n) is 12.9.